The Balaban J connectivity index is 1.53. The van der Waals surface area contributed by atoms with Crippen molar-refractivity contribution in [3.8, 4) is 5.75 Å². The van der Waals surface area contributed by atoms with Crippen LogP contribution in [-0.4, -0.2) is 61.6 Å². The Morgan fingerprint density at radius 1 is 1.32 bits per heavy atom. The molecule has 2 aliphatic heterocycles. The molecule has 25 heavy (non-hydrogen) atoms. The van der Waals surface area contributed by atoms with Gasteiger partial charge >= 0.3 is 0 Å². The van der Waals surface area contributed by atoms with Crippen LogP contribution >= 0.6 is 0 Å². The van der Waals surface area contributed by atoms with E-state index in [0.717, 1.165) is 24.6 Å². The van der Waals surface area contributed by atoms with Crippen LogP contribution in [0.2, 0.25) is 0 Å². The van der Waals surface area contributed by atoms with E-state index in [-0.39, 0.29) is 5.82 Å². The quantitative estimate of drug-likeness (QED) is 0.656. The van der Waals surface area contributed by atoms with E-state index in [1.807, 2.05) is 20.0 Å². The van der Waals surface area contributed by atoms with Crippen molar-refractivity contribution in [2.24, 2.45) is 4.99 Å². The lowest BCUT2D eigenvalue weighted by Crippen LogP contribution is -2.42. The average molecular weight is 348 g/mol. The fraction of sp³-hybridized carbons (Fsp3) is 0.632. The maximum absolute atomic E-state index is 14.0. The van der Waals surface area contributed by atoms with Gasteiger partial charge in [-0.15, -0.1) is 0 Å². The molecule has 6 heteroatoms. The second kappa shape index (κ2) is 8.52. The second-order valence-electron chi connectivity index (χ2n) is 6.73. The first kappa shape index (κ1) is 18.0. The Morgan fingerprint density at radius 3 is 2.80 bits per heavy atom. The molecule has 0 aromatic heterocycles. The summed E-state index contributed by atoms with van der Waals surface area (Å²) in [4.78, 5) is 9.33. The summed E-state index contributed by atoms with van der Waals surface area (Å²) in [6.45, 7) is 7.39. The number of likely N-dealkylation sites (tertiary alicyclic amines) is 2. The highest BCUT2D eigenvalue weighted by atomic mass is 19.1. The Morgan fingerprint density at radius 2 is 2.12 bits per heavy atom. The Labute approximate surface area is 149 Å². The number of guanidine groups is 1. The average Bonchev–Trinajstić information content (AvgIpc) is 3.29. The molecule has 1 unspecified atom stereocenters. The number of rotatable bonds is 5. The minimum Gasteiger partial charge on any atom is -0.491 e. The second-order valence-corrected chi connectivity index (χ2v) is 6.73. The minimum absolute atomic E-state index is 0.309. The molecular weight excluding hydrogens is 319 g/mol. The molecular formula is C19H29FN4O. The summed E-state index contributed by atoms with van der Waals surface area (Å²) in [5, 5.41) is 3.37. The molecule has 2 fully saturated rings. The van der Waals surface area contributed by atoms with Gasteiger partial charge in [0.1, 0.15) is 0 Å². The fourth-order valence-electron chi connectivity index (χ4n) is 3.78. The smallest absolute Gasteiger partial charge is 0.193 e. The molecule has 3 rings (SSSR count). The van der Waals surface area contributed by atoms with E-state index < -0.39 is 0 Å². The zero-order chi connectivity index (χ0) is 17.6. The lowest BCUT2D eigenvalue weighted by Gasteiger charge is -2.25. The molecule has 1 atom stereocenters. The van der Waals surface area contributed by atoms with Gasteiger partial charge in [-0.25, -0.2) is 4.39 Å². The first-order chi connectivity index (χ1) is 12.2. The summed E-state index contributed by atoms with van der Waals surface area (Å²) in [6.07, 6.45) is 3.85. The number of hydrogen-bond donors (Lipinski definition) is 1. The zero-order valence-electron chi connectivity index (χ0n) is 15.3. The van der Waals surface area contributed by atoms with Gasteiger partial charge in [-0.3, -0.25) is 9.89 Å². The van der Waals surface area contributed by atoms with Gasteiger partial charge in [-0.2, -0.15) is 0 Å². The van der Waals surface area contributed by atoms with E-state index in [1.54, 1.807) is 6.07 Å². The molecule has 0 radical (unpaired) electrons. The van der Waals surface area contributed by atoms with Crippen molar-refractivity contribution in [2.75, 3.05) is 39.8 Å². The molecule has 0 spiro atoms. The molecule has 2 heterocycles. The summed E-state index contributed by atoms with van der Waals surface area (Å²) in [6, 6.07) is 5.76. The number of aliphatic imine (C=N–C) groups is 1. The number of benzene rings is 1. The normalized spacial score (nSPS) is 21.8. The van der Waals surface area contributed by atoms with Gasteiger partial charge in [0.2, 0.25) is 0 Å². The molecule has 0 amide bonds. The predicted molar refractivity (Wildman–Crippen MR) is 98.6 cm³/mol. The molecule has 0 bridgehead atoms. The molecule has 2 saturated heterocycles. The van der Waals surface area contributed by atoms with Crippen molar-refractivity contribution in [3.63, 3.8) is 0 Å². The van der Waals surface area contributed by atoms with Crippen molar-refractivity contribution < 1.29 is 9.13 Å². The molecule has 138 valence electrons. The molecule has 1 N–H and O–H groups in total. The number of ether oxygens (including phenoxy) is 1. The fourth-order valence-corrected chi connectivity index (χ4v) is 3.78. The van der Waals surface area contributed by atoms with Gasteiger partial charge in [0.25, 0.3) is 0 Å². The molecule has 1 aromatic rings. The summed E-state index contributed by atoms with van der Waals surface area (Å²) >= 11 is 0. The third-order valence-electron chi connectivity index (χ3n) is 5.08. The van der Waals surface area contributed by atoms with Crippen LogP contribution in [0.4, 0.5) is 4.39 Å². The first-order valence-corrected chi connectivity index (χ1v) is 9.32. The zero-order valence-corrected chi connectivity index (χ0v) is 15.3. The van der Waals surface area contributed by atoms with Crippen molar-refractivity contribution in [1.29, 1.82) is 0 Å². The summed E-state index contributed by atoms with van der Waals surface area (Å²) in [5.74, 6) is 0.894. The van der Waals surface area contributed by atoms with E-state index in [9.17, 15) is 4.39 Å². The Kier molecular flexibility index (Phi) is 6.13. The van der Waals surface area contributed by atoms with Crippen molar-refractivity contribution >= 4 is 5.96 Å². The van der Waals surface area contributed by atoms with E-state index in [1.165, 1.54) is 38.4 Å². The molecule has 1 aromatic carbocycles. The predicted octanol–water partition coefficient (Wildman–Crippen LogP) is 2.47. The van der Waals surface area contributed by atoms with Crippen LogP contribution < -0.4 is 10.1 Å². The highest BCUT2D eigenvalue weighted by Crippen LogP contribution is 2.21. The van der Waals surface area contributed by atoms with E-state index >= 15 is 0 Å². The van der Waals surface area contributed by atoms with E-state index in [4.69, 9.17) is 4.74 Å². The standard InChI is InChI=1S/C19H29FN4O/c1-3-25-18-7-6-15(12-17(18)20)13-22-19(21-2)24-11-8-16(14-24)23-9-4-5-10-23/h6-7,12,16H,3-5,8-11,13-14H2,1-2H3,(H,21,22). The van der Waals surface area contributed by atoms with Crippen LogP contribution in [0, 0.1) is 5.82 Å². The minimum atomic E-state index is -0.314. The lowest BCUT2D eigenvalue weighted by molar-refractivity contribution is 0.249. The number of nitrogens with one attached hydrogen (secondary N) is 1. The molecule has 5 nitrogen and oxygen atoms in total. The van der Waals surface area contributed by atoms with Gasteiger partial charge in [0.05, 0.1) is 6.61 Å². The van der Waals surface area contributed by atoms with Gasteiger partial charge in [-0.05, 0) is 57.0 Å². The molecule has 0 aliphatic carbocycles. The van der Waals surface area contributed by atoms with Crippen LogP contribution in [0.5, 0.6) is 5.75 Å². The van der Waals surface area contributed by atoms with E-state index in [2.05, 4.69) is 20.1 Å². The summed E-state index contributed by atoms with van der Waals surface area (Å²) < 4.78 is 19.2. The van der Waals surface area contributed by atoms with Crippen LogP contribution in [0.1, 0.15) is 31.7 Å². The topological polar surface area (TPSA) is 40.1 Å². The first-order valence-electron chi connectivity index (χ1n) is 9.32. The van der Waals surface area contributed by atoms with Gasteiger partial charge in [-0.1, -0.05) is 6.07 Å². The van der Waals surface area contributed by atoms with E-state index in [0.29, 0.717) is 24.9 Å². The number of hydrogen-bond acceptors (Lipinski definition) is 3. The number of nitrogens with zero attached hydrogens (tertiary/aromatic N) is 3. The van der Waals surface area contributed by atoms with Crippen molar-refractivity contribution in [1.82, 2.24) is 15.1 Å². The summed E-state index contributed by atoms with van der Waals surface area (Å²) in [7, 11) is 1.81. The number of halogens is 1. The maximum atomic E-state index is 14.0. The van der Waals surface area contributed by atoms with Crippen molar-refractivity contribution in [3.05, 3.63) is 29.6 Å². The summed E-state index contributed by atoms with van der Waals surface area (Å²) in [5.41, 5.74) is 0.886. The largest absolute Gasteiger partial charge is 0.491 e. The van der Waals surface area contributed by atoms with Gasteiger partial charge in [0, 0.05) is 32.7 Å². The Bertz CT molecular complexity index is 601. The third-order valence-corrected chi connectivity index (χ3v) is 5.08. The monoisotopic (exact) mass is 348 g/mol. The van der Waals surface area contributed by atoms with Crippen LogP contribution in [0.25, 0.3) is 0 Å². The lowest BCUT2D eigenvalue weighted by atomic mass is 10.2. The maximum Gasteiger partial charge on any atom is 0.193 e. The molecule has 2 aliphatic rings. The van der Waals surface area contributed by atoms with Crippen molar-refractivity contribution in [2.45, 2.75) is 38.8 Å². The van der Waals surface area contributed by atoms with Gasteiger partial charge < -0.3 is 15.0 Å². The third kappa shape index (κ3) is 4.42. The Hall–Kier alpha value is -1.82. The highest BCUT2D eigenvalue weighted by Gasteiger charge is 2.30. The van der Waals surface area contributed by atoms with Gasteiger partial charge in [0.15, 0.2) is 17.5 Å². The van der Waals surface area contributed by atoms with Crippen LogP contribution in [-0.2, 0) is 6.54 Å². The van der Waals surface area contributed by atoms with Crippen LogP contribution in [0.3, 0.4) is 0 Å². The van der Waals surface area contributed by atoms with Crippen LogP contribution in [0.15, 0.2) is 23.2 Å². The molecule has 0 saturated carbocycles. The highest BCUT2D eigenvalue weighted by molar-refractivity contribution is 5.80. The SMILES string of the molecule is CCOc1ccc(CNC(=NC)N2CCC(N3CCCC3)C2)cc1F.